The van der Waals surface area contributed by atoms with Crippen LogP contribution in [0.4, 0.5) is 5.82 Å². The Morgan fingerprint density at radius 3 is 2.16 bits per heavy atom. The summed E-state index contributed by atoms with van der Waals surface area (Å²) in [5.41, 5.74) is 1.38. The lowest BCUT2D eigenvalue weighted by Gasteiger charge is -2.41. The molecule has 3 heterocycles. The fraction of sp³-hybridized carbons (Fsp3) is 0.171. The minimum Gasteiger partial charge on any atom is -0.457 e. The molecular weight excluding hydrogens is 558 g/mol. The summed E-state index contributed by atoms with van der Waals surface area (Å²) in [7, 11) is 0. The lowest BCUT2D eigenvalue weighted by Crippen LogP contribution is -2.39. The van der Waals surface area contributed by atoms with Crippen LogP contribution in [0.2, 0.25) is 0 Å². The number of hydrogen-bond donors (Lipinski definition) is 2. The number of aromatic nitrogens is 2. The zero-order valence-corrected chi connectivity index (χ0v) is 23.6. The molecule has 0 aliphatic carbocycles. The molecule has 2 N–H and O–H groups in total. The second-order valence-electron chi connectivity index (χ2n) is 10.7. The number of benzene rings is 4. The number of aliphatic hydroxyl groups is 1. The van der Waals surface area contributed by atoms with Crippen LogP contribution in [0, 0.1) is 0 Å². The second-order valence-corrected chi connectivity index (χ2v) is 10.7. The molecule has 1 aromatic heterocycles. The number of anilines is 1. The van der Waals surface area contributed by atoms with Crippen LogP contribution < -0.4 is 15.7 Å². The van der Waals surface area contributed by atoms with Crippen molar-refractivity contribution in [3.8, 4) is 11.5 Å². The zero-order valence-electron chi connectivity index (χ0n) is 23.6. The predicted octanol–water partition coefficient (Wildman–Crippen LogP) is 5.26. The van der Waals surface area contributed by atoms with Crippen LogP contribution in [0.1, 0.15) is 39.7 Å². The smallest absolute Gasteiger partial charge is 0.351 e. The largest absolute Gasteiger partial charge is 0.457 e. The summed E-state index contributed by atoms with van der Waals surface area (Å²) in [5.74, 6) is 1.11. The number of carbonyl (C=O) groups is 1. The monoisotopic (exact) mass is 587 g/mol. The van der Waals surface area contributed by atoms with Gasteiger partial charge in [0.15, 0.2) is 5.60 Å². The molecule has 9 nitrogen and oxygen atoms in total. The molecule has 220 valence electrons. The first-order chi connectivity index (χ1) is 21.5. The van der Waals surface area contributed by atoms with Crippen LogP contribution >= 0.6 is 0 Å². The van der Waals surface area contributed by atoms with Gasteiger partial charge in [0.2, 0.25) is 0 Å². The molecule has 0 unspecified atom stereocenters. The van der Waals surface area contributed by atoms with E-state index in [1.165, 1.54) is 16.8 Å². The number of aliphatic hydroxyl groups excluding tert-OH is 1. The number of rotatable bonds is 7. The van der Waals surface area contributed by atoms with Crippen molar-refractivity contribution < 1.29 is 24.1 Å². The van der Waals surface area contributed by atoms with Crippen LogP contribution in [0.15, 0.2) is 126 Å². The SMILES string of the molecule is O=C(Nc1ccn([C@H]2C[C@H](O)[C@@H](COC3(c4ccccc4)c4ccccc4Oc4ccccc43)O2)c(=O)n1)c1ccccc1. The van der Waals surface area contributed by atoms with Crippen molar-refractivity contribution in [2.45, 2.75) is 30.5 Å². The average Bonchev–Trinajstić information content (AvgIpc) is 3.43. The zero-order chi connectivity index (χ0) is 30.1. The third kappa shape index (κ3) is 4.97. The van der Waals surface area contributed by atoms with Gasteiger partial charge in [-0.05, 0) is 35.9 Å². The van der Waals surface area contributed by atoms with Crippen molar-refractivity contribution in [1.29, 1.82) is 0 Å². The van der Waals surface area contributed by atoms with Crippen LogP contribution in [-0.4, -0.2) is 39.4 Å². The number of ether oxygens (including phenoxy) is 3. The Labute approximate surface area is 253 Å². The quantitative estimate of drug-likeness (QED) is 0.267. The van der Waals surface area contributed by atoms with Gasteiger partial charge in [0, 0.05) is 29.3 Å². The molecule has 9 heteroatoms. The number of para-hydroxylation sites is 2. The molecule has 0 spiro atoms. The average molecular weight is 588 g/mol. The maximum Gasteiger partial charge on any atom is 0.351 e. The summed E-state index contributed by atoms with van der Waals surface area (Å²) in [4.78, 5) is 29.5. The van der Waals surface area contributed by atoms with E-state index < -0.39 is 29.7 Å². The normalized spacial score (nSPS) is 19.8. The van der Waals surface area contributed by atoms with Gasteiger partial charge >= 0.3 is 5.69 Å². The van der Waals surface area contributed by atoms with E-state index in [2.05, 4.69) is 10.3 Å². The topological polar surface area (TPSA) is 112 Å². The van der Waals surface area contributed by atoms with Gasteiger partial charge in [-0.15, -0.1) is 0 Å². The van der Waals surface area contributed by atoms with Gasteiger partial charge in [-0.25, -0.2) is 4.79 Å². The molecule has 0 radical (unpaired) electrons. The Morgan fingerprint density at radius 2 is 1.50 bits per heavy atom. The number of nitrogens with zero attached hydrogens (tertiary/aromatic N) is 2. The minimum atomic E-state index is -1.04. The lowest BCUT2D eigenvalue weighted by atomic mass is 9.77. The van der Waals surface area contributed by atoms with E-state index in [-0.39, 0.29) is 24.8 Å². The molecule has 5 aromatic rings. The number of hydrogen-bond acceptors (Lipinski definition) is 7. The predicted molar refractivity (Wildman–Crippen MR) is 163 cm³/mol. The van der Waals surface area contributed by atoms with E-state index in [0.29, 0.717) is 17.1 Å². The highest BCUT2D eigenvalue weighted by Crippen LogP contribution is 2.52. The fourth-order valence-corrected chi connectivity index (χ4v) is 5.90. The van der Waals surface area contributed by atoms with Crippen molar-refractivity contribution in [2.24, 2.45) is 0 Å². The number of nitrogens with one attached hydrogen (secondary N) is 1. The molecule has 0 bridgehead atoms. The highest BCUT2D eigenvalue weighted by atomic mass is 16.6. The van der Waals surface area contributed by atoms with Gasteiger partial charge in [-0.2, -0.15) is 4.98 Å². The van der Waals surface area contributed by atoms with Gasteiger partial charge in [0.05, 0.1) is 12.7 Å². The summed E-state index contributed by atoms with van der Waals surface area (Å²) in [6.07, 6.45) is -0.721. The van der Waals surface area contributed by atoms with Crippen molar-refractivity contribution >= 4 is 11.7 Å². The second kappa shape index (κ2) is 11.5. The van der Waals surface area contributed by atoms with Crippen LogP contribution in [0.5, 0.6) is 11.5 Å². The third-order valence-corrected chi connectivity index (χ3v) is 8.02. The van der Waals surface area contributed by atoms with Crippen LogP contribution in [-0.2, 0) is 15.1 Å². The summed E-state index contributed by atoms with van der Waals surface area (Å²) >= 11 is 0. The van der Waals surface area contributed by atoms with Gasteiger partial charge in [-0.3, -0.25) is 9.36 Å². The summed E-state index contributed by atoms with van der Waals surface area (Å²) in [6.45, 7) is 0.0304. The standard InChI is InChI=1S/C35H29N3O6/c39-27-21-32(38-20-19-31(37-34(38)41)36-33(40)23-11-3-1-4-12-23)44-30(27)22-42-35(24-13-5-2-6-14-24)25-15-7-9-17-28(25)43-29-18-10-8-16-26(29)35/h1-20,27,30,32,39H,21-22H2,(H,36,37,40,41)/t27-,30+,32+/m0/s1. The molecule has 2 aliphatic heterocycles. The van der Waals surface area contributed by atoms with E-state index in [1.54, 1.807) is 24.3 Å². The Hall–Kier alpha value is -5.09. The van der Waals surface area contributed by atoms with Crippen molar-refractivity contribution in [1.82, 2.24) is 9.55 Å². The maximum absolute atomic E-state index is 13.0. The molecule has 44 heavy (non-hydrogen) atoms. The third-order valence-electron chi connectivity index (χ3n) is 8.02. The van der Waals surface area contributed by atoms with E-state index in [9.17, 15) is 14.7 Å². The molecular formula is C35H29N3O6. The minimum absolute atomic E-state index is 0.0304. The fourth-order valence-electron chi connectivity index (χ4n) is 5.90. The Kier molecular flexibility index (Phi) is 7.27. The van der Waals surface area contributed by atoms with Crippen molar-refractivity contribution in [3.63, 3.8) is 0 Å². The number of carbonyl (C=O) groups excluding carboxylic acids is 1. The Bertz CT molecular complexity index is 1810. The van der Waals surface area contributed by atoms with Crippen molar-refractivity contribution in [3.05, 3.63) is 154 Å². The molecule has 3 atom stereocenters. The molecule has 1 fully saturated rings. The molecule has 7 rings (SSSR count). The Balaban J connectivity index is 1.14. The first kappa shape index (κ1) is 27.7. The van der Waals surface area contributed by atoms with Gasteiger partial charge in [0.25, 0.3) is 5.91 Å². The molecule has 2 aliphatic rings. The van der Waals surface area contributed by atoms with E-state index in [4.69, 9.17) is 14.2 Å². The lowest BCUT2D eigenvalue weighted by molar-refractivity contribution is -0.0960. The first-order valence-corrected chi connectivity index (χ1v) is 14.4. The summed E-state index contributed by atoms with van der Waals surface area (Å²) in [6, 6.07) is 35.6. The summed E-state index contributed by atoms with van der Waals surface area (Å²) in [5, 5.41) is 13.7. The highest BCUT2D eigenvalue weighted by molar-refractivity contribution is 6.03. The number of fused-ring (bicyclic) bond motifs is 2. The van der Waals surface area contributed by atoms with Gasteiger partial charge in [0.1, 0.15) is 29.6 Å². The van der Waals surface area contributed by atoms with E-state index >= 15 is 0 Å². The highest BCUT2D eigenvalue weighted by Gasteiger charge is 2.46. The summed E-state index contributed by atoms with van der Waals surface area (Å²) < 4.78 is 20.7. The maximum atomic E-state index is 13.0. The first-order valence-electron chi connectivity index (χ1n) is 14.4. The molecule has 1 amide bonds. The molecule has 1 saturated heterocycles. The Morgan fingerprint density at radius 1 is 0.886 bits per heavy atom. The molecule has 0 saturated carbocycles. The van der Waals surface area contributed by atoms with Crippen LogP contribution in [0.25, 0.3) is 0 Å². The van der Waals surface area contributed by atoms with Gasteiger partial charge < -0.3 is 24.6 Å². The van der Waals surface area contributed by atoms with E-state index in [0.717, 1.165) is 16.7 Å². The van der Waals surface area contributed by atoms with E-state index in [1.807, 2.05) is 84.9 Å². The van der Waals surface area contributed by atoms with Crippen molar-refractivity contribution in [2.75, 3.05) is 11.9 Å². The van der Waals surface area contributed by atoms with Gasteiger partial charge in [-0.1, -0.05) is 84.9 Å². The molecule has 4 aromatic carbocycles. The van der Waals surface area contributed by atoms with Crippen LogP contribution in [0.3, 0.4) is 0 Å². The number of amides is 1.